The maximum absolute atomic E-state index is 12.2. The Morgan fingerprint density at radius 1 is 1.41 bits per heavy atom. The van der Waals surface area contributed by atoms with Crippen molar-refractivity contribution in [2.24, 2.45) is 0 Å². The Bertz CT molecular complexity index is 570. The summed E-state index contributed by atoms with van der Waals surface area (Å²) in [5.41, 5.74) is 0. The van der Waals surface area contributed by atoms with Crippen LogP contribution in [0.2, 0.25) is 0 Å². The monoisotopic (exact) mass is 305 g/mol. The van der Waals surface area contributed by atoms with Crippen LogP contribution in [0.5, 0.6) is 5.75 Å². The number of aliphatic hydroxyl groups is 1. The molecule has 2 amide bonds. The number of aromatic nitrogens is 1. The molecule has 0 atom stereocenters. The molecule has 1 saturated carbocycles. The van der Waals surface area contributed by atoms with Gasteiger partial charge in [0.25, 0.3) is 5.91 Å². The first-order chi connectivity index (χ1) is 10.6. The first-order valence-corrected chi connectivity index (χ1v) is 7.49. The number of amides is 2. The molecule has 118 valence electrons. The smallest absolute Gasteiger partial charge is 0.266 e. The molecule has 1 aliphatic heterocycles. The van der Waals surface area contributed by atoms with Gasteiger partial charge in [0, 0.05) is 12.2 Å². The van der Waals surface area contributed by atoms with E-state index in [1.807, 2.05) is 0 Å². The molecule has 1 aliphatic carbocycles. The van der Waals surface area contributed by atoms with Crippen LogP contribution < -0.4 is 15.0 Å². The largest absolute Gasteiger partial charge is 0.480 e. The lowest BCUT2D eigenvalue weighted by Gasteiger charge is -2.29. The molecule has 7 nitrogen and oxygen atoms in total. The van der Waals surface area contributed by atoms with Crippen molar-refractivity contribution < 1.29 is 19.4 Å². The standard InChI is InChI=1S/C15H19N3O4/c19-11-5-3-10(4-6-11)17-13(20)8-18-14(21)9-22-12-2-1-7-16-15(12)18/h1-2,7,10-11,19H,3-6,8-9H2,(H,17,20). The molecule has 2 aliphatic rings. The van der Waals surface area contributed by atoms with Crippen molar-refractivity contribution in [3.63, 3.8) is 0 Å². The molecule has 0 saturated heterocycles. The second kappa shape index (κ2) is 6.31. The molecule has 0 spiro atoms. The van der Waals surface area contributed by atoms with Crippen LogP contribution in [0.25, 0.3) is 0 Å². The van der Waals surface area contributed by atoms with E-state index < -0.39 is 0 Å². The molecule has 3 rings (SSSR count). The van der Waals surface area contributed by atoms with E-state index in [4.69, 9.17) is 4.74 Å². The van der Waals surface area contributed by atoms with E-state index in [2.05, 4.69) is 10.3 Å². The predicted octanol–water partition coefficient (Wildman–Crippen LogP) is 0.227. The Morgan fingerprint density at radius 2 is 2.18 bits per heavy atom. The summed E-state index contributed by atoms with van der Waals surface area (Å²) >= 11 is 0. The third-order valence-corrected chi connectivity index (χ3v) is 4.02. The number of aliphatic hydroxyl groups excluding tert-OH is 1. The third-order valence-electron chi connectivity index (χ3n) is 4.02. The number of fused-ring (bicyclic) bond motifs is 1. The lowest BCUT2D eigenvalue weighted by molar-refractivity contribution is -0.125. The maximum Gasteiger partial charge on any atom is 0.266 e. The van der Waals surface area contributed by atoms with Gasteiger partial charge in [-0.05, 0) is 37.8 Å². The van der Waals surface area contributed by atoms with Gasteiger partial charge < -0.3 is 15.2 Å². The van der Waals surface area contributed by atoms with E-state index in [9.17, 15) is 14.7 Å². The summed E-state index contributed by atoms with van der Waals surface area (Å²) in [6.07, 6.45) is 4.23. The van der Waals surface area contributed by atoms with Crippen LogP contribution in [0.3, 0.4) is 0 Å². The van der Waals surface area contributed by atoms with Gasteiger partial charge >= 0.3 is 0 Å². The van der Waals surface area contributed by atoms with Crippen molar-refractivity contribution in [3.05, 3.63) is 18.3 Å². The summed E-state index contributed by atoms with van der Waals surface area (Å²) in [6.45, 7) is -0.146. The van der Waals surface area contributed by atoms with Crippen LogP contribution in [0, 0.1) is 0 Å². The molecule has 7 heteroatoms. The number of carbonyl (C=O) groups is 2. The number of nitrogens with one attached hydrogen (secondary N) is 1. The van der Waals surface area contributed by atoms with Crippen molar-refractivity contribution in [3.8, 4) is 5.75 Å². The average molecular weight is 305 g/mol. The molecule has 1 aromatic rings. The van der Waals surface area contributed by atoms with E-state index >= 15 is 0 Å². The van der Waals surface area contributed by atoms with Crippen molar-refractivity contribution in [2.75, 3.05) is 18.1 Å². The molecule has 0 radical (unpaired) electrons. The Kier molecular flexibility index (Phi) is 4.24. The van der Waals surface area contributed by atoms with Crippen LogP contribution in [0.1, 0.15) is 25.7 Å². The summed E-state index contributed by atoms with van der Waals surface area (Å²) in [5.74, 6) is 0.400. The fourth-order valence-corrected chi connectivity index (χ4v) is 2.83. The maximum atomic E-state index is 12.2. The summed E-state index contributed by atoms with van der Waals surface area (Å²) in [5, 5.41) is 12.4. The van der Waals surface area contributed by atoms with Gasteiger partial charge in [-0.1, -0.05) is 0 Å². The number of rotatable bonds is 3. The highest BCUT2D eigenvalue weighted by molar-refractivity contribution is 6.01. The van der Waals surface area contributed by atoms with E-state index in [-0.39, 0.29) is 37.1 Å². The van der Waals surface area contributed by atoms with E-state index in [1.165, 1.54) is 4.90 Å². The number of nitrogens with zero attached hydrogens (tertiary/aromatic N) is 2. The second-order valence-corrected chi connectivity index (χ2v) is 5.67. The highest BCUT2D eigenvalue weighted by atomic mass is 16.5. The zero-order valence-corrected chi connectivity index (χ0v) is 12.2. The number of ether oxygens (including phenoxy) is 1. The number of pyridine rings is 1. The SMILES string of the molecule is O=C(CN1C(=O)COc2cccnc21)NC1CCC(O)CC1. The Balaban J connectivity index is 1.62. The zero-order chi connectivity index (χ0) is 15.5. The van der Waals surface area contributed by atoms with Crippen LogP contribution in [0.4, 0.5) is 5.82 Å². The van der Waals surface area contributed by atoms with Gasteiger partial charge in [0.15, 0.2) is 18.2 Å². The summed E-state index contributed by atoms with van der Waals surface area (Å²) in [6, 6.07) is 3.51. The minimum Gasteiger partial charge on any atom is -0.480 e. The Hall–Kier alpha value is -2.15. The zero-order valence-electron chi connectivity index (χ0n) is 12.2. The second-order valence-electron chi connectivity index (χ2n) is 5.67. The first kappa shape index (κ1) is 14.8. The van der Waals surface area contributed by atoms with Crippen LogP contribution in [0.15, 0.2) is 18.3 Å². The van der Waals surface area contributed by atoms with Crippen molar-refractivity contribution in [1.29, 1.82) is 0 Å². The molecule has 1 fully saturated rings. The molecule has 1 aromatic heterocycles. The first-order valence-electron chi connectivity index (χ1n) is 7.49. The van der Waals surface area contributed by atoms with Gasteiger partial charge in [-0.3, -0.25) is 14.5 Å². The lowest BCUT2D eigenvalue weighted by atomic mass is 9.93. The van der Waals surface area contributed by atoms with Crippen LogP contribution >= 0.6 is 0 Å². The van der Waals surface area contributed by atoms with Gasteiger partial charge in [0.05, 0.1) is 6.10 Å². The van der Waals surface area contributed by atoms with Gasteiger partial charge in [0.2, 0.25) is 5.91 Å². The number of hydrogen-bond acceptors (Lipinski definition) is 5. The fraction of sp³-hybridized carbons (Fsp3) is 0.533. The summed E-state index contributed by atoms with van der Waals surface area (Å²) < 4.78 is 5.30. The minimum atomic E-state index is -0.277. The van der Waals surface area contributed by atoms with E-state index in [1.54, 1.807) is 18.3 Å². The molecule has 22 heavy (non-hydrogen) atoms. The molecule has 0 bridgehead atoms. The third kappa shape index (κ3) is 3.19. The minimum absolute atomic E-state index is 0.0642. The number of hydrogen-bond donors (Lipinski definition) is 2. The van der Waals surface area contributed by atoms with E-state index in [0.717, 1.165) is 12.8 Å². The van der Waals surface area contributed by atoms with Gasteiger partial charge in [-0.2, -0.15) is 0 Å². The van der Waals surface area contributed by atoms with Gasteiger partial charge in [-0.15, -0.1) is 0 Å². The normalized spacial score (nSPS) is 24.4. The van der Waals surface area contributed by atoms with Crippen molar-refractivity contribution in [2.45, 2.75) is 37.8 Å². The fourth-order valence-electron chi connectivity index (χ4n) is 2.83. The van der Waals surface area contributed by atoms with Crippen LogP contribution in [-0.2, 0) is 9.59 Å². The molecule has 2 N–H and O–H groups in total. The van der Waals surface area contributed by atoms with Gasteiger partial charge in [-0.25, -0.2) is 4.98 Å². The molecular formula is C15H19N3O4. The average Bonchev–Trinajstić information content (AvgIpc) is 2.52. The lowest BCUT2D eigenvalue weighted by Crippen LogP contribution is -2.48. The highest BCUT2D eigenvalue weighted by Crippen LogP contribution is 2.28. The van der Waals surface area contributed by atoms with Crippen molar-refractivity contribution in [1.82, 2.24) is 10.3 Å². The highest BCUT2D eigenvalue weighted by Gasteiger charge is 2.29. The van der Waals surface area contributed by atoms with E-state index in [0.29, 0.717) is 24.4 Å². The predicted molar refractivity (Wildman–Crippen MR) is 78.5 cm³/mol. The molecular weight excluding hydrogens is 286 g/mol. The Labute approximate surface area is 128 Å². The number of carbonyl (C=O) groups excluding carboxylic acids is 2. The molecule has 2 heterocycles. The molecule has 0 aromatic carbocycles. The van der Waals surface area contributed by atoms with Crippen LogP contribution in [-0.4, -0.2) is 47.2 Å². The Morgan fingerprint density at radius 3 is 2.95 bits per heavy atom. The topological polar surface area (TPSA) is 91.8 Å². The molecule has 0 unspecified atom stereocenters. The summed E-state index contributed by atoms with van der Waals surface area (Å²) in [7, 11) is 0. The van der Waals surface area contributed by atoms with Crippen molar-refractivity contribution >= 4 is 17.6 Å². The van der Waals surface area contributed by atoms with Gasteiger partial charge in [0.1, 0.15) is 6.54 Å². The quantitative estimate of drug-likeness (QED) is 0.834. The number of anilines is 1. The summed E-state index contributed by atoms with van der Waals surface area (Å²) in [4.78, 5) is 29.6.